The highest BCUT2D eigenvalue weighted by atomic mass is 16.5. The van der Waals surface area contributed by atoms with E-state index in [1.807, 2.05) is 12.1 Å². The summed E-state index contributed by atoms with van der Waals surface area (Å²) in [6.07, 6.45) is 3.88. The van der Waals surface area contributed by atoms with Gasteiger partial charge in [0, 0.05) is 17.4 Å². The topological polar surface area (TPSA) is 48.1 Å². The van der Waals surface area contributed by atoms with Gasteiger partial charge in [0.2, 0.25) is 0 Å². The Kier molecular flexibility index (Phi) is 3.65. The lowest BCUT2D eigenvalue weighted by molar-refractivity contribution is -0.476. The minimum Gasteiger partial charge on any atom is -0.428 e. The Morgan fingerprint density at radius 2 is 2.00 bits per heavy atom. The van der Waals surface area contributed by atoms with Crippen LogP contribution in [0.25, 0.3) is 11.0 Å². The maximum atomic E-state index is 12.3. The van der Waals surface area contributed by atoms with Gasteiger partial charge >= 0.3 is 0 Å². The minimum atomic E-state index is 0.511. The summed E-state index contributed by atoms with van der Waals surface area (Å²) >= 11 is 0. The third-order valence-corrected chi connectivity index (χ3v) is 3.33. The van der Waals surface area contributed by atoms with Crippen molar-refractivity contribution >= 4 is 11.0 Å². The second-order valence-electron chi connectivity index (χ2n) is 4.58. The third kappa shape index (κ3) is 2.10. The van der Waals surface area contributed by atoms with Gasteiger partial charge in [0.05, 0.1) is 4.43 Å². The van der Waals surface area contributed by atoms with Crippen molar-refractivity contribution in [3.8, 4) is 0 Å². The van der Waals surface area contributed by atoms with Gasteiger partial charge in [-0.15, -0.1) is 0 Å². The van der Waals surface area contributed by atoms with Crippen molar-refractivity contribution in [1.82, 2.24) is 4.73 Å². The smallest absolute Gasteiger partial charge is 0.290 e. The zero-order valence-electron chi connectivity index (χ0n) is 10.9. The van der Waals surface area contributed by atoms with Crippen LogP contribution in [0.15, 0.2) is 24.3 Å². The summed E-state index contributed by atoms with van der Waals surface area (Å²) in [4.78, 5) is 12.3. The molecule has 0 spiro atoms. The summed E-state index contributed by atoms with van der Waals surface area (Å²) in [5, 5.41) is 10.1. The predicted molar refractivity (Wildman–Crippen MR) is 70.5 cm³/mol. The van der Waals surface area contributed by atoms with Crippen LogP contribution < -0.4 is 4.43 Å². The molecule has 0 bridgehead atoms. The number of hydrogen-bond donors (Lipinski definition) is 1. The normalized spacial score (nSPS) is 11.0. The number of fused-ring (bicyclic) bond motifs is 1. The van der Waals surface area contributed by atoms with Crippen LogP contribution in [-0.4, -0.2) is 9.94 Å². The van der Waals surface area contributed by atoms with Crippen LogP contribution in [0.5, 0.6) is 0 Å². The molecule has 4 heteroatoms. The summed E-state index contributed by atoms with van der Waals surface area (Å²) in [7, 11) is 0. The standard InChI is InChI=1S/C14H19N2O2/c1-3-4-5-8-12-11(2)15(17)13-9-6-7-10-14(13)16(12)18/h6-7,9-10,17H,3-5,8H2,1-2H3/q+1. The van der Waals surface area contributed by atoms with E-state index >= 15 is 0 Å². The molecule has 2 aromatic rings. The van der Waals surface area contributed by atoms with Crippen LogP contribution in [0, 0.1) is 11.8 Å². The van der Waals surface area contributed by atoms with Gasteiger partial charge in [-0.3, -0.25) is 0 Å². The Bertz CT molecular complexity index is 617. The lowest BCUT2D eigenvalue weighted by atomic mass is 10.1. The predicted octanol–water partition coefficient (Wildman–Crippen LogP) is 2.83. The zero-order chi connectivity index (χ0) is 13.1. The number of para-hydroxylation sites is 2. The molecular weight excluding hydrogens is 228 g/mol. The van der Waals surface area contributed by atoms with Gasteiger partial charge in [0.1, 0.15) is 5.69 Å². The van der Waals surface area contributed by atoms with Crippen molar-refractivity contribution in [1.29, 1.82) is 0 Å². The van der Waals surface area contributed by atoms with Gasteiger partial charge in [-0.1, -0.05) is 31.9 Å². The largest absolute Gasteiger partial charge is 0.428 e. The average Bonchev–Trinajstić information content (AvgIpc) is 2.40. The molecule has 0 fully saturated rings. The van der Waals surface area contributed by atoms with Crippen LogP contribution in [0.4, 0.5) is 0 Å². The first kappa shape index (κ1) is 12.6. The second-order valence-corrected chi connectivity index (χ2v) is 4.58. The Labute approximate surface area is 106 Å². The first-order valence-corrected chi connectivity index (χ1v) is 6.42. The summed E-state index contributed by atoms with van der Waals surface area (Å²) < 4.78 is 2.07. The van der Waals surface area contributed by atoms with Crippen molar-refractivity contribution in [3.05, 3.63) is 40.6 Å². The van der Waals surface area contributed by atoms with E-state index in [1.165, 1.54) is 0 Å². The van der Waals surface area contributed by atoms with Gasteiger partial charge in [0.15, 0.2) is 5.52 Å². The van der Waals surface area contributed by atoms with E-state index in [0.29, 0.717) is 28.8 Å². The van der Waals surface area contributed by atoms with E-state index in [2.05, 4.69) is 6.92 Å². The average molecular weight is 247 g/mol. The quantitative estimate of drug-likeness (QED) is 0.513. The molecule has 1 aromatic heterocycles. The van der Waals surface area contributed by atoms with Crippen LogP contribution >= 0.6 is 0 Å². The molecule has 0 aliphatic heterocycles. The van der Waals surface area contributed by atoms with Crippen molar-refractivity contribution in [2.75, 3.05) is 0 Å². The molecule has 0 atom stereocenters. The number of aromatic nitrogens is 2. The molecule has 1 aromatic carbocycles. The Morgan fingerprint density at radius 1 is 1.28 bits per heavy atom. The van der Waals surface area contributed by atoms with Crippen LogP contribution in [-0.2, 0) is 6.42 Å². The molecule has 0 aliphatic carbocycles. The number of rotatable bonds is 4. The molecule has 2 rings (SSSR count). The number of hydrogen-bond acceptors (Lipinski definition) is 2. The monoisotopic (exact) mass is 247 g/mol. The fourth-order valence-corrected chi connectivity index (χ4v) is 2.24. The molecule has 0 saturated carbocycles. The van der Waals surface area contributed by atoms with Crippen molar-refractivity contribution in [3.63, 3.8) is 0 Å². The molecule has 0 amide bonds. The van der Waals surface area contributed by atoms with E-state index in [1.54, 1.807) is 19.1 Å². The molecule has 4 nitrogen and oxygen atoms in total. The maximum absolute atomic E-state index is 12.3. The lowest BCUT2D eigenvalue weighted by Gasteiger charge is -2.05. The first-order chi connectivity index (χ1) is 8.66. The van der Waals surface area contributed by atoms with Gasteiger partial charge in [-0.05, 0) is 19.4 Å². The number of unbranched alkanes of at least 4 members (excludes halogenated alkanes) is 2. The van der Waals surface area contributed by atoms with Gasteiger partial charge in [0.25, 0.3) is 11.2 Å². The Hall–Kier alpha value is -1.84. The summed E-state index contributed by atoms with van der Waals surface area (Å²) in [5.74, 6) is 0. The van der Waals surface area contributed by atoms with E-state index < -0.39 is 0 Å². The molecular formula is C14H19N2O2+. The molecule has 0 saturated heterocycles. The molecule has 0 radical (unpaired) electrons. The molecule has 96 valence electrons. The highest BCUT2D eigenvalue weighted by molar-refractivity contribution is 5.71. The molecule has 18 heavy (non-hydrogen) atoms. The molecule has 0 unspecified atom stereocenters. The summed E-state index contributed by atoms with van der Waals surface area (Å²) in [5.41, 5.74) is 2.34. The fourth-order valence-electron chi connectivity index (χ4n) is 2.24. The first-order valence-electron chi connectivity index (χ1n) is 6.42. The maximum Gasteiger partial charge on any atom is 0.290 e. The highest BCUT2D eigenvalue weighted by Crippen LogP contribution is 2.14. The molecule has 1 N–H and O–H groups in total. The van der Waals surface area contributed by atoms with Gasteiger partial charge < -0.3 is 5.21 Å². The van der Waals surface area contributed by atoms with Crippen LogP contribution in [0.2, 0.25) is 0 Å². The van der Waals surface area contributed by atoms with Gasteiger partial charge in [-0.2, -0.15) is 4.73 Å². The Balaban J connectivity index is 2.56. The fraction of sp³-hybridized carbons (Fsp3) is 0.429. The second kappa shape index (κ2) is 5.21. The summed E-state index contributed by atoms with van der Waals surface area (Å²) in [6, 6.07) is 7.09. The zero-order valence-corrected chi connectivity index (χ0v) is 10.9. The van der Waals surface area contributed by atoms with E-state index in [-0.39, 0.29) is 0 Å². The SMILES string of the molecule is CCCCCc1c(C)n(O)c2ccccc2[n+]1=O. The Morgan fingerprint density at radius 3 is 2.72 bits per heavy atom. The molecule has 1 heterocycles. The van der Waals surface area contributed by atoms with Crippen LogP contribution in [0.1, 0.15) is 37.6 Å². The van der Waals surface area contributed by atoms with E-state index in [4.69, 9.17) is 0 Å². The minimum absolute atomic E-state index is 0.511. The molecule has 0 aliphatic rings. The highest BCUT2D eigenvalue weighted by Gasteiger charge is 2.21. The number of benzene rings is 1. The van der Waals surface area contributed by atoms with Crippen LogP contribution in [0.3, 0.4) is 0 Å². The lowest BCUT2D eigenvalue weighted by Crippen LogP contribution is -2.27. The van der Waals surface area contributed by atoms with E-state index in [0.717, 1.165) is 28.4 Å². The van der Waals surface area contributed by atoms with Crippen molar-refractivity contribution in [2.24, 2.45) is 0 Å². The van der Waals surface area contributed by atoms with E-state index in [9.17, 15) is 10.1 Å². The van der Waals surface area contributed by atoms with Crippen molar-refractivity contribution < 1.29 is 9.63 Å². The third-order valence-electron chi connectivity index (χ3n) is 3.33. The van der Waals surface area contributed by atoms with Crippen molar-refractivity contribution in [2.45, 2.75) is 39.5 Å². The van der Waals surface area contributed by atoms with Gasteiger partial charge in [-0.25, -0.2) is 0 Å². The summed E-state index contributed by atoms with van der Waals surface area (Å²) in [6.45, 7) is 3.91. The number of nitrogens with zero attached hydrogens (tertiary/aromatic N) is 2.